The van der Waals surface area contributed by atoms with Crippen molar-refractivity contribution >= 4 is 15.8 Å². The molecule has 0 fully saturated rings. The summed E-state index contributed by atoms with van der Waals surface area (Å²) in [7, 11) is -3.12. The lowest BCUT2D eigenvalue weighted by Gasteiger charge is -2.16. The van der Waals surface area contributed by atoms with Crippen molar-refractivity contribution in [1.29, 1.82) is 0 Å². The first-order chi connectivity index (χ1) is 7.82. The van der Waals surface area contributed by atoms with Crippen molar-refractivity contribution in [2.24, 2.45) is 0 Å². The van der Waals surface area contributed by atoms with Crippen molar-refractivity contribution in [2.45, 2.75) is 32.1 Å². The van der Waals surface area contributed by atoms with Crippen LogP contribution in [-0.2, 0) is 22.0 Å². The lowest BCUT2D eigenvalue weighted by Crippen LogP contribution is -2.22. The Morgan fingerprint density at radius 2 is 2.12 bits per heavy atom. The highest BCUT2D eigenvalue weighted by Gasteiger charge is 2.31. The maximum Gasteiger partial charge on any atom is 0.356 e. The number of hydrogen-bond donors (Lipinski definition) is 1. The van der Waals surface area contributed by atoms with Crippen LogP contribution in [-0.4, -0.2) is 35.0 Å². The molecule has 1 N–H and O–H groups in total. The minimum atomic E-state index is -3.12. The van der Waals surface area contributed by atoms with Gasteiger partial charge in [-0.1, -0.05) is 0 Å². The van der Waals surface area contributed by atoms with Crippen molar-refractivity contribution < 1.29 is 18.3 Å². The van der Waals surface area contributed by atoms with E-state index in [9.17, 15) is 13.2 Å². The van der Waals surface area contributed by atoms with Crippen LogP contribution < -0.4 is 0 Å². The van der Waals surface area contributed by atoms with Crippen LogP contribution in [0.4, 0.5) is 0 Å². The van der Waals surface area contributed by atoms with E-state index in [0.717, 1.165) is 0 Å². The van der Waals surface area contributed by atoms with Crippen LogP contribution in [0.25, 0.3) is 0 Å². The average molecular weight is 258 g/mol. The maximum atomic E-state index is 11.6. The van der Waals surface area contributed by atoms with Gasteiger partial charge in [0.25, 0.3) is 0 Å². The average Bonchev–Trinajstić information content (AvgIpc) is 2.54. The van der Waals surface area contributed by atoms with Gasteiger partial charge >= 0.3 is 5.97 Å². The van der Waals surface area contributed by atoms with Gasteiger partial charge in [0.1, 0.15) is 0 Å². The molecule has 1 aromatic rings. The molecule has 0 amide bonds. The number of carbonyl (C=O) groups is 1. The molecule has 2 heterocycles. The van der Waals surface area contributed by atoms with Crippen molar-refractivity contribution in [3.63, 3.8) is 0 Å². The zero-order chi connectivity index (χ0) is 12.8. The summed E-state index contributed by atoms with van der Waals surface area (Å²) in [6, 6.07) is -0.0508. The molecule has 17 heavy (non-hydrogen) atoms. The molecule has 94 valence electrons. The first-order valence-electron chi connectivity index (χ1n) is 5.36. The molecule has 1 aliphatic heterocycles. The predicted molar refractivity (Wildman–Crippen MR) is 60.8 cm³/mol. The lowest BCUT2D eigenvalue weighted by molar-refractivity contribution is 0.0688. The van der Waals surface area contributed by atoms with Gasteiger partial charge < -0.3 is 5.11 Å². The molecule has 1 aromatic heterocycles. The number of rotatable bonds is 2. The van der Waals surface area contributed by atoms with Gasteiger partial charge in [-0.3, -0.25) is 4.68 Å². The molecule has 0 spiro atoms. The van der Waals surface area contributed by atoms with Gasteiger partial charge in [-0.2, -0.15) is 5.10 Å². The summed E-state index contributed by atoms with van der Waals surface area (Å²) < 4.78 is 24.7. The van der Waals surface area contributed by atoms with Crippen LogP contribution in [0.5, 0.6) is 0 Å². The molecule has 6 nitrogen and oxygen atoms in total. The second kappa shape index (κ2) is 3.83. The van der Waals surface area contributed by atoms with Gasteiger partial charge in [-0.25, -0.2) is 13.2 Å². The van der Waals surface area contributed by atoms with E-state index in [-0.39, 0.29) is 29.7 Å². The third-order valence-corrected chi connectivity index (χ3v) is 4.37. The highest BCUT2D eigenvalue weighted by molar-refractivity contribution is 7.90. The molecule has 0 bridgehead atoms. The first kappa shape index (κ1) is 12.1. The SMILES string of the molecule is CC(C)n1nc(C(=O)O)c2c1CS(=O)(=O)CC2. The Morgan fingerprint density at radius 1 is 1.47 bits per heavy atom. The standard InChI is InChI=1S/C10H14N2O4S/c1-6(2)12-8-5-17(15,16)4-3-7(8)9(11-12)10(13)14/h6H,3-5H2,1-2H3,(H,13,14). The highest BCUT2D eigenvalue weighted by Crippen LogP contribution is 2.26. The smallest absolute Gasteiger partial charge is 0.356 e. The summed E-state index contributed by atoms with van der Waals surface area (Å²) in [5.74, 6) is -1.20. The molecule has 0 unspecified atom stereocenters. The Morgan fingerprint density at radius 3 is 2.65 bits per heavy atom. The van der Waals surface area contributed by atoms with Gasteiger partial charge in [0.05, 0.1) is 17.2 Å². The lowest BCUT2D eigenvalue weighted by atomic mass is 10.1. The van der Waals surface area contributed by atoms with Crippen LogP contribution >= 0.6 is 0 Å². The van der Waals surface area contributed by atoms with E-state index in [1.807, 2.05) is 13.8 Å². The van der Waals surface area contributed by atoms with Gasteiger partial charge in [0, 0.05) is 11.6 Å². The predicted octanol–water partition coefficient (Wildman–Crippen LogP) is 0.633. The fourth-order valence-corrected chi connectivity index (χ4v) is 3.44. The molecule has 0 saturated heterocycles. The largest absolute Gasteiger partial charge is 0.476 e. The van der Waals surface area contributed by atoms with Gasteiger partial charge in [-0.15, -0.1) is 0 Å². The zero-order valence-electron chi connectivity index (χ0n) is 9.67. The van der Waals surface area contributed by atoms with Crippen LogP contribution in [0.3, 0.4) is 0 Å². The molecule has 0 aromatic carbocycles. The van der Waals surface area contributed by atoms with E-state index in [2.05, 4.69) is 5.10 Å². The molecule has 0 atom stereocenters. The minimum absolute atomic E-state index is 0.00404. The number of fused-ring (bicyclic) bond motifs is 1. The zero-order valence-corrected chi connectivity index (χ0v) is 10.5. The normalized spacial score (nSPS) is 18.1. The van der Waals surface area contributed by atoms with E-state index in [1.54, 1.807) is 0 Å². The molecule has 0 radical (unpaired) electrons. The summed E-state index contributed by atoms with van der Waals surface area (Å²) in [5, 5.41) is 13.0. The number of carboxylic acid groups (broad SMARTS) is 1. The van der Waals surface area contributed by atoms with Gasteiger partial charge in [0.15, 0.2) is 15.5 Å². The third kappa shape index (κ3) is 2.06. The van der Waals surface area contributed by atoms with E-state index in [0.29, 0.717) is 11.3 Å². The second-order valence-electron chi connectivity index (χ2n) is 4.46. The van der Waals surface area contributed by atoms with Gasteiger partial charge in [-0.05, 0) is 20.3 Å². The number of carboxylic acids is 1. The Hall–Kier alpha value is -1.37. The van der Waals surface area contributed by atoms with Crippen molar-refractivity contribution in [3.8, 4) is 0 Å². The summed E-state index contributed by atoms with van der Waals surface area (Å²) >= 11 is 0. The Kier molecular flexibility index (Phi) is 2.73. The topological polar surface area (TPSA) is 89.3 Å². The summed E-state index contributed by atoms with van der Waals surface area (Å²) in [6.07, 6.45) is 0.242. The number of nitrogens with zero attached hydrogens (tertiary/aromatic N) is 2. The molecule has 1 aliphatic rings. The van der Waals surface area contributed by atoms with Gasteiger partial charge in [0.2, 0.25) is 0 Å². The van der Waals surface area contributed by atoms with Crippen LogP contribution in [0.1, 0.15) is 41.6 Å². The maximum absolute atomic E-state index is 11.6. The Balaban J connectivity index is 2.62. The molecular weight excluding hydrogens is 244 g/mol. The fraction of sp³-hybridized carbons (Fsp3) is 0.600. The first-order valence-corrected chi connectivity index (χ1v) is 7.18. The van der Waals surface area contributed by atoms with Crippen LogP contribution in [0.2, 0.25) is 0 Å². The van der Waals surface area contributed by atoms with E-state index >= 15 is 0 Å². The van der Waals surface area contributed by atoms with Crippen molar-refractivity contribution in [3.05, 3.63) is 17.0 Å². The summed E-state index contributed by atoms with van der Waals surface area (Å²) in [6.45, 7) is 3.69. The summed E-state index contributed by atoms with van der Waals surface area (Å²) in [5.41, 5.74) is 1.09. The number of aromatic nitrogens is 2. The quantitative estimate of drug-likeness (QED) is 0.840. The number of aromatic carboxylic acids is 1. The fourth-order valence-electron chi connectivity index (χ4n) is 2.06. The second-order valence-corrected chi connectivity index (χ2v) is 6.64. The number of sulfone groups is 1. The Labute approximate surface area is 99.2 Å². The monoisotopic (exact) mass is 258 g/mol. The molecular formula is C10H14N2O4S. The van der Waals surface area contributed by atoms with Crippen LogP contribution in [0.15, 0.2) is 0 Å². The van der Waals surface area contributed by atoms with Crippen molar-refractivity contribution in [1.82, 2.24) is 9.78 Å². The molecule has 2 rings (SSSR count). The van der Waals surface area contributed by atoms with E-state index in [1.165, 1.54) is 4.68 Å². The third-order valence-electron chi connectivity index (χ3n) is 2.83. The Bertz CT molecular complexity index is 571. The molecule has 0 saturated carbocycles. The van der Waals surface area contributed by atoms with Crippen LogP contribution in [0, 0.1) is 0 Å². The van der Waals surface area contributed by atoms with Crippen molar-refractivity contribution in [2.75, 3.05) is 5.75 Å². The minimum Gasteiger partial charge on any atom is -0.476 e. The number of hydrogen-bond acceptors (Lipinski definition) is 4. The van der Waals surface area contributed by atoms with E-state index in [4.69, 9.17) is 5.11 Å². The molecule has 0 aliphatic carbocycles. The summed E-state index contributed by atoms with van der Waals surface area (Å²) in [4.78, 5) is 11.0. The molecule has 7 heteroatoms. The van der Waals surface area contributed by atoms with E-state index < -0.39 is 15.8 Å². The highest BCUT2D eigenvalue weighted by atomic mass is 32.2.